The summed E-state index contributed by atoms with van der Waals surface area (Å²) in [5.74, 6) is -0.0140. The van der Waals surface area contributed by atoms with E-state index in [-0.39, 0.29) is 10.5 Å². The molecule has 2 aromatic carbocycles. The summed E-state index contributed by atoms with van der Waals surface area (Å²) >= 11 is 5.91. The Labute approximate surface area is 145 Å². The van der Waals surface area contributed by atoms with Crippen molar-refractivity contribution in [2.75, 3.05) is 19.0 Å². The molecular formula is C16H17ClN2O4S. The van der Waals surface area contributed by atoms with Crippen molar-refractivity contribution in [3.8, 4) is 5.75 Å². The molecule has 0 aliphatic heterocycles. The Morgan fingerprint density at radius 2 is 1.83 bits per heavy atom. The van der Waals surface area contributed by atoms with Gasteiger partial charge in [0.1, 0.15) is 5.75 Å². The van der Waals surface area contributed by atoms with Crippen LogP contribution < -0.4 is 14.8 Å². The molecule has 0 radical (unpaired) electrons. The van der Waals surface area contributed by atoms with Crippen molar-refractivity contribution in [2.45, 2.75) is 11.8 Å². The summed E-state index contributed by atoms with van der Waals surface area (Å²) in [7, 11) is -2.07. The van der Waals surface area contributed by atoms with Crippen LogP contribution in [0.4, 0.5) is 5.69 Å². The van der Waals surface area contributed by atoms with Gasteiger partial charge in [-0.1, -0.05) is 18.5 Å². The molecule has 0 aromatic heterocycles. The lowest BCUT2D eigenvalue weighted by Crippen LogP contribution is -2.23. The van der Waals surface area contributed by atoms with Crippen molar-refractivity contribution >= 4 is 33.2 Å². The molecule has 0 heterocycles. The highest BCUT2D eigenvalue weighted by molar-refractivity contribution is 7.89. The number of rotatable bonds is 6. The third kappa shape index (κ3) is 4.25. The Morgan fingerprint density at radius 3 is 2.42 bits per heavy atom. The molecule has 0 fully saturated rings. The average Bonchev–Trinajstić information content (AvgIpc) is 2.55. The van der Waals surface area contributed by atoms with Gasteiger partial charge in [0.15, 0.2) is 0 Å². The van der Waals surface area contributed by atoms with E-state index in [0.717, 1.165) is 0 Å². The summed E-state index contributed by atoms with van der Waals surface area (Å²) in [6.45, 7) is 2.00. The molecule has 0 saturated carbocycles. The lowest BCUT2D eigenvalue weighted by molar-refractivity contribution is 0.102. The normalized spacial score (nSPS) is 11.1. The number of methoxy groups -OCH3 is 1. The van der Waals surface area contributed by atoms with Gasteiger partial charge in [0.25, 0.3) is 5.91 Å². The van der Waals surface area contributed by atoms with E-state index in [1.807, 2.05) is 0 Å². The number of carbonyl (C=O) groups excluding carboxylic acids is 1. The zero-order valence-electron chi connectivity index (χ0n) is 13.2. The highest BCUT2D eigenvalue weighted by Gasteiger charge is 2.15. The van der Waals surface area contributed by atoms with Gasteiger partial charge in [0, 0.05) is 17.3 Å². The number of anilines is 1. The fourth-order valence-electron chi connectivity index (χ4n) is 2.05. The van der Waals surface area contributed by atoms with Crippen molar-refractivity contribution in [2.24, 2.45) is 0 Å². The first-order valence-corrected chi connectivity index (χ1v) is 8.98. The van der Waals surface area contributed by atoms with Gasteiger partial charge < -0.3 is 10.1 Å². The highest BCUT2D eigenvalue weighted by Crippen LogP contribution is 2.24. The molecule has 0 aliphatic carbocycles. The molecule has 8 heteroatoms. The van der Waals surface area contributed by atoms with Crippen LogP contribution in [0.2, 0.25) is 5.02 Å². The molecule has 0 saturated heterocycles. The number of benzene rings is 2. The van der Waals surface area contributed by atoms with Gasteiger partial charge >= 0.3 is 0 Å². The second-order valence-corrected chi connectivity index (χ2v) is 7.03. The van der Waals surface area contributed by atoms with E-state index in [1.165, 1.54) is 37.4 Å². The van der Waals surface area contributed by atoms with Gasteiger partial charge in [-0.2, -0.15) is 0 Å². The summed E-state index contributed by atoms with van der Waals surface area (Å²) < 4.78 is 31.3. The van der Waals surface area contributed by atoms with Gasteiger partial charge in [0.2, 0.25) is 10.0 Å². The minimum atomic E-state index is -3.52. The second kappa shape index (κ2) is 7.65. The number of carbonyl (C=O) groups is 1. The molecule has 0 aliphatic rings. The smallest absolute Gasteiger partial charge is 0.259 e. The van der Waals surface area contributed by atoms with Crippen molar-refractivity contribution in [3.05, 3.63) is 53.1 Å². The quantitative estimate of drug-likeness (QED) is 0.821. The molecule has 1 amide bonds. The predicted molar refractivity (Wildman–Crippen MR) is 93.3 cm³/mol. The Hall–Kier alpha value is -2.09. The van der Waals surface area contributed by atoms with Crippen molar-refractivity contribution < 1.29 is 17.9 Å². The molecule has 24 heavy (non-hydrogen) atoms. The number of sulfonamides is 1. The van der Waals surface area contributed by atoms with Gasteiger partial charge in [-0.25, -0.2) is 13.1 Å². The number of ether oxygens (including phenoxy) is 1. The largest absolute Gasteiger partial charge is 0.496 e. The van der Waals surface area contributed by atoms with Crippen LogP contribution in [0.1, 0.15) is 17.3 Å². The molecule has 6 nitrogen and oxygen atoms in total. The Balaban J connectivity index is 2.20. The summed E-state index contributed by atoms with van der Waals surface area (Å²) in [4.78, 5) is 12.5. The molecule has 0 bridgehead atoms. The van der Waals surface area contributed by atoms with Gasteiger partial charge in [-0.3, -0.25) is 4.79 Å². The summed E-state index contributed by atoms with van der Waals surface area (Å²) in [6.07, 6.45) is 0. The van der Waals surface area contributed by atoms with Crippen LogP contribution in [0.5, 0.6) is 5.75 Å². The molecule has 2 N–H and O–H groups in total. The third-order valence-corrected chi connectivity index (χ3v) is 4.96. The first-order chi connectivity index (χ1) is 11.4. The second-order valence-electron chi connectivity index (χ2n) is 4.82. The van der Waals surface area contributed by atoms with Gasteiger partial charge in [-0.05, 0) is 42.5 Å². The average molecular weight is 369 g/mol. The standard InChI is InChI=1S/C16H17ClN2O4S/c1-3-18-24(21,22)13-7-5-12(6-8-13)19-16(20)14-10-11(17)4-9-15(14)23-2/h4-10,18H,3H2,1-2H3,(H,19,20). The third-order valence-electron chi connectivity index (χ3n) is 3.16. The lowest BCUT2D eigenvalue weighted by atomic mass is 10.2. The minimum Gasteiger partial charge on any atom is -0.496 e. The van der Waals surface area contributed by atoms with Gasteiger partial charge in [0.05, 0.1) is 17.6 Å². The van der Waals surface area contributed by atoms with E-state index >= 15 is 0 Å². The first kappa shape index (κ1) is 18.3. The lowest BCUT2D eigenvalue weighted by Gasteiger charge is -2.10. The number of halogens is 1. The van der Waals surface area contributed by atoms with E-state index in [0.29, 0.717) is 23.0 Å². The van der Waals surface area contributed by atoms with Crippen molar-refractivity contribution in [1.82, 2.24) is 4.72 Å². The Kier molecular flexibility index (Phi) is 5.82. The van der Waals surface area contributed by atoms with Crippen LogP contribution in [0.15, 0.2) is 47.4 Å². The van der Waals surface area contributed by atoms with Crippen LogP contribution in [0, 0.1) is 0 Å². The molecule has 2 rings (SSSR count). The number of hydrogen-bond acceptors (Lipinski definition) is 4. The summed E-state index contributed by atoms with van der Waals surface area (Å²) in [5, 5.41) is 3.09. The highest BCUT2D eigenvalue weighted by atomic mass is 35.5. The fraction of sp³-hybridized carbons (Fsp3) is 0.188. The molecule has 0 atom stereocenters. The van der Waals surface area contributed by atoms with Crippen LogP contribution in [-0.2, 0) is 10.0 Å². The first-order valence-electron chi connectivity index (χ1n) is 7.12. The fourth-order valence-corrected chi connectivity index (χ4v) is 3.26. The number of nitrogens with one attached hydrogen (secondary N) is 2. The van der Waals surface area contributed by atoms with Crippen LogP contribution >= 0.6 is 11.6 Å². The number of hydrogen-bond donors (Lipinski definition) is 2. The van der Waals surface area contributed by atoms with E-state index < -0.39 is 15.9 Å². The summed E-state index contributed by atoms with van der Waals surface area (Å²) in [6, 6.07) is 10.6. The van der Waals surface area contributed by atoms with E-state index in [9.17, 15) is 13.2 Å². The summed E-state index contributed by atoms with van der Waals surface area (Å²) in [5.41, 5.74) is 0.742. The zero-order chi connectivity index (χ0) is 17.7. The molecule has 0 unspecified atom stereocenters. The molecule has 0 spiro atoms. The van der Waals surface area contributed by atoms with Crippen LogP contribution in [0.25, 0.3) is 0 Å². The van der Waals surface area contributed by atoms with Crippen LogP contribution in [0.3, 0.4) is 0 Å². The minimum absolute atomic E-state index is 0.127. The maximum absolute atomic E-state index is 12.4. The maximum atomic E-state index is 12.4. The Morgan fingerprint density at radius 1 is 1.17 bits per heavy atom. The number of amides is 1. The SMILES string of the molecule is CCNS(=O)(=O)c1ccc(NC(=O)c2cc(Cl)ccc2OC)cc1. The van der Waals surface area contributed by atoms with E-state index in [1.54, 1.807) is 19.1 Å². The monoisotopic (exact) mass is 368 g/mol. The zero-order valence-corrected chi connectivity index (χ0v) is 14.7. The topological polar surface area (TPSA) is 84.5 Å². The predicted octanol–water partition coefficient (Wildman–Crippen LogP) is 2.90. The Bertz CT molecular complexity index is 836. The van der Waals surface area contributed by atoms with Crippen LogP contribution in [-0.4, -0.2) is 28.0 Å². The van der Waals surface area contributed by atoms with E-state index in [4.69, 9.17) is 16.3 Å². The van der Waals surface area contributed by atoms with Gasteiger partial charge in [-0.15, -0.1) is 0 Å². The maximum Gasteiger partial charge on any atom is 0.259 e. The van der Waals surface area contributed by atoms with Crippen molar-refractivity contribution in [1.29, 1.82) is 0 Å². The molecule has 128 valence electrons. The van der Waals surface area contributed by atoms with Crippen molar-refractivity contribution in [3.63, 3.8) is 0 Å². The molecule has 2 aromatic rings. The van der Waals surface area contributed by atoms with E-state index in [2.05, 4.69) is 10.0 Å². The molecular weight excluding hydrogens is 352 g/mol.